The Morgan fingerprint density at radius 2 is 2.14 bits per heavy atom. The zero-order chi connectivity index (χ0) is 15.2. The van der Waals surface area contributed by atoms with E-state index in [0.717, 1.165) is 35.6 Å². The van der Waals surface area contributed by atoms with Crippen molar-refractivity contribution in [1.29, 1.82) is 0 Å². The van der Waals surface area contributed by atoms with E-state index in [1.54, 1.807) is 11.3 Å². The highest BCUT2D eigenvalue weighted by Crippen LogP contribution is 2.29. The monoisotopic (exact) mass is 308 g/mol. The fourth-order valence-corrected chi connectivity index (χ4v) is 2.92. The Hall–Kier alpha value is -1.40. The number of hydrogen-bond donors (Lipinski definition) is 2. The van der Waals surface area contributed by atoms with E-state index in [-0.39, 0.29) is 6.04 Å². The molecular formula is C15H24N4OS. The van der Waals surface area contributed by atoms with E-state index in [4.69, 9.17) is 4.74 Å². The molecule has 0 fully saturated rings. The predicted molar refractivity (Wildman–Crippen MR) is 90.5 cm³/mol. The van der Waals surface area contributed by atoms with Crippen LogP contribution in [0.15, 0.2) is 6.07 Å². The fraction of sp³-hybridized carbons (Fsp3) is 0.600. The van der Waals surface area contributed by atoms with Gasteiger partial charge in [-0.05, 0) is 33.3 Å². The molecule has 0 bridgehead atoms. The highest BCUT2D eigenvalue weighted by atomic mass is 32.1. The Morgan fingerprint density at radius 3 is 2.86 bits per heavy atom. The summed E-state index contributed by atoms with van der Waals surface area (Å²) in [5.74, 6) is 1.58. The zero-order valence-electron chi connectivity index (χ0n) is 13.2. The number of nitrogens with one attached hydrogen (secondary N) is 2. The molecule has 21 heavy (non-hydrogen) atoms. The van der Waals surface area contributed by atoms with Crippen LogP contribution in [0, 0.1) is 6.92 Å². The number of ether oxygens (including phenoxy) is 1. The SMILES string of the molecule is CCCNc1nc(NC(C)COCC)c2cc(C)sc2n1. The van der Waals surface area contributed by atoms with E-state index in [1.807, 2.05) is 6.92 Å². The summed E-state index contributed by atoms with van der Waals surface area (Å²) in [6.45, 7) is 10.6. The summed E-state index contributed by atoms with van der Waals surface area (Å²) in [4.78, 5) is 11.5. The third-order valence-corrected chi connectivity index (χ3v) is 3.95. The van der Waals surface area contributed by atoms with Crippen molar-refractivity contribution < 1.29 is 4.74 Å². The molecule has 0 aliphatic rings. The lowest BCUT2D eigenvalue weighted by Crippen LogP contribution is -2.22. The van der Waals surface area contributed by atoms with Gasteiger partial charge in [0.2, 0.25) is 5.95 Å². The van der Waals surface area contributed by atoms with Gasteiger partial charge in [-0.25, -0.2) is 4.98 Å². The minimum Gasteiger partial charge on any atom is -0.380 e. The second-order valence-corrected chi connectivity index (χ2v) is 6.34. The van der Waals surface area contributed by atoms with E-state index in [1.165, 1.54) is 4.88 Å². The van der Waals surface area contributed by atoms with Crippen molar-refractivity contribution >= 4 is 33.3 Å². The number of rotatable bonds is 8. The lowest BCUT2D eigenvalue weighted by Gasteiger charge is -2.15. The van der Waals surface area contributed by atoms with Crippen molar-refractivity contribution in [3.8, 4) is 0 Å². The largest absolute Gasteiger partial charge is 0.380 e. The lowest BCUT2D eigenvalue weighted by atomic mass is 10.3. The van der Waals surface area contributed by atoms with Gasteiger partial charge in [0.05, 0.1) is 12.0 Å². The molecule has 0 aliphatic heterocycles. The molecule has 1 unspecified atom stereocenters. The minimum atomic E-state index is 0.210. The molecule has 0 spiro atoms. The van der Waals surface area contributed by atoms with Crippen LogP contribution in [-0.2, 0) is 4.74 Å². The van der Waals surface area contributed by atoms with E-state index in [9.17, 15) is 0 Å². The standard InChI is InChI=1S/C15H24N4OS/c1-5-7-16-15-18-13(17-10(3)9-20-6-2)12-8-11(4)21-14(12)19-15/h8,10H,5-7,9H2,1-4H3,(H2,16,17,18,19). The third kappa shape index (κ3) is 4.28. The molecule has 2 rings (SSSR count). The first-order valence-electron chi connectivity index (χ1n) is 7.50. The van der Waals surface area contributed by atoms with E-state index in [2.05, 4.69) is 47.4 Å². The van der Waals surface area contributed by atoms with Crippen LogP contribution >= 0.6 is 11.3 Å². The van der Waals surface area contributed by atoms with Gasteiger partial charge in [0.1, 0.15) is 10.6 Å². The van der Waals surface area contributed by atoms with Crippen molar-refractivity contribution in [1.82, 2.24) is 9.97 Å². The molecule has 1 atom stereocenters. The Kier molecular flexibility index (Phi) is 5.76. The van der Waals surface area contributed by atoms with E-state index in [0.29, 0.717) is 12.6 Å². The topological polar surface area (TPSA) is 59.1 Å². The number of aryl methyl sites for hydroxylation is 1. The highest BCUT2D eigenvalue weighted by molar-refractivity contribution is 7.18. The van der Waals surface area contributed by atoms with Crippen LogP contribution in [0.4, 0.5) is 11.8 Å². The second-order valence-electron chi connectivity index (χ2n) is 5.10. The van der Waals surface area contributed by atoms with Gasteiger partial charge in [0, 0.05) is 24.1 Å². The second kappa shape index (κ2) is 7.56. The van der Waals surface area contributed by atoms with Crippen LogP contribution in [0.2, 0.25) is 0 Å². The highest BCUT2D eigenvalue weighted by Gasteiger charge is 2.12. The summed E-state index contributed by atoms with van der Waals surface area (Å²) in [7, 11) is 0. The first-order chi connectivity index (χ1) is 10.1. The predicted octanol–water partition coefficient (Wildman–Crippen LogP) is 3.66. The van der Waals surface area contributed by atoms with Gasteiger partial charge < -0.3 is 15.4 Å². The number of aromatic nitrogens is 2. The van der Waals surface area contributed by atoms with E-state index >= 15 is 0 Å². The molecule has 6 heteroatoms. The van der Waals surface area contributed by atoms with Gasteiger partial charge in [-0.1, -0.05) is 6.92 Å². The van der Waals surface area contributed by atoms with Crippen molar-refractivity contribution in [2.45, 2.75) is 40.2 Å². The van der Waals surface area contributed by atoms with Crippen LogP contribution < -0.4 is 10.6 Å². The molecule has 0 aliphatic carbocycles. The van der Waals surface area contributed by atoms with Gasteiger partial charge >= 0.3 is 0 Å². The number of hydrogen-bond acceptors (Lipinski definition) is 6. The van der Waals surface area contributed by atoms with Crippen molar-refractivity contribution in [3.05, 3.63) is 10.9 Å². The molecule has 0 aromatic carbocycles. The maximum absolute atomic E-state index is 5.46. The molecule has 2 aromatic rings. The summed E-state index contributed by atoms with van der Waals surface area (Å²) in [6.07, 6.45) is 1.05. The average molecular weight is 308 g/mol. The van der Waals surface area contributed by atoms with Crippen LogP contribution in [0.25, 0.3) is 10.2 Å². The van der Waals surface area contributed by atoms with Crippen molar-refractivity contribution in [2.24, 2.45) is 0 Å². The number of anilines is 2. The summed E-state index contributed by atoms with van der Waals surface area (Å²) in [6, 6.07) is 2.35. The molecular weight excluding hydrogens is 284 g/mol. The summed E-state index contributed by atoms with van der Waals surface area (Å²) in [5.41, 5.74) is 0. The smallest absolute Gasteiger partial charge is 0.226 e. The van der Waals surface area contributed by atoms with Gasteiger partial charge in [-0.15, -0.1) is 11.3 Å². The lowest BCUT2D eigenvalue weighted by molar-refractivity contribution is 0.141. The molecule has 2 aromatic heterocycles. The number of fused-ring (bicyclic) bond motifs is 1. The first-order valence-corrected chi connectivity index (χ1v) is 8.32. The molecule has 0 amide bonds. The van der Waals surface area contributed by atoms with Crippen LogP contribution in [0.5, 0.6) is 0 Å². The summed E-state index contributed by atoms with van der Waals surface area (Å²) < 4.78 is 5.46. The number of nitrogens with zero attached hydrogens (tertiary/aromatic N) is 2. The zero-order valence-corrected chi connectivity index (χ0v) is 14.0. The fourth-order valence-electron chi connectivity index (χ4n) is 2.04. The van der Waals surface area contributed by atoms with Gasteiger partial charge in [-0.2, -0.15) is 4.98 Å². The molecule has 2 heterocycles. The molecule has 2 N–H and O–H groups in total. The average Bonchev–Trinajstić information content (AvgIpc) is 2.83. The number of thiophene rings is 1. The molecule has 116 valence electrons. The van der Waals surface area contributed by atoms with Gasteiger partial charge in [0.25, 0.3) is 0 Å². The third-order valence-electron chi connectivity index (χ3n) is 3.00. The van der Waals surface area contributed by atoms with Crippen molar-refractivity contribution in [3.63, 3.8) is 0 Å². The maximum atomic E-state index is 5.46. The Labute approximate surface area is 130 Å². The quantitative estimate of drug-likeness (QED) is 0.779. The molecule has 0 saturated heterocycles. The first kappa shape index (κ1) is 16.0. The van der Waals surface area contributed by atoms with Gasteiger partial charge in [-0.3, -0.25) is 0 Å². The maximum Gasteiger partial charge on any atom is 0.226 e. The van der Waals surface area contributed by atoms with E-state index < -0.39 is 0 Å². The van der Waals surface area contributed by atoms with Crippen LogP contribution in [0.3, 0.4) is 0 Å². The Bertz CT molecular complexity index is 584. The molecule has 0 radical (unpaired) electrons. The molecule has 0 saturated carbocycles. The van der Waals surface area contributed by atoms with Crippen molar-refractivity contribution in [2.75, 3.05) is 30.4 Å². The Balaban J connectivity index is 2.25. The normalized spacial score (nSPS) is 12.6. The van der Waals surface area contributed by atoms with Gasteiger partial charge in [0.15, 0.2) is 0 Å². The Morgan fingerprint density at radius 1 is 1.33 bits per heavy atom. The summed E-state index contributed by atoms with van der Waals surface area (Å²) in [5, 5.41) is 7.79. The minimum absolute atomic E-state index is 0.210. The molecule has 5 nitrogen and oxygen atoms in total. The summed E-state index contributed by atoms with van der Waals surface area (Å²) >= 11 is 1.70. The van der Waals surface area contributed by atoms with Crippen LogP contribution in [0.1, 0.15) is 32.1 Å². The van der Waals surface area contributed by atoms with Crippen LogP contribution in [-0.4, -0.2) is 35.8 Å².